The summed E-state index contributed by atoms with van der Waals surface area (Å²) in [5.41, 5.74) is 5.63. The van der Waals surface area contributed by atoms with Gasteiger partial charge in [0.1, 0.15) is 18.0 Å². The quantitative estimate of drug-likeness (QED) is 0.174. The van der Waals surface area contributed by atoms with Crippen LogP contribution >= 0.6 is 27.3 Å². The first kappa shape index (κ1) is 26.3. The molecule has 1 amide bonds. The number of methoxy groups -OCH3 is 1. The Morgan fingerprint density at radius 1 is 1.13 bits per heavy atom. The molecule has 0 fully saturated rings. The van der Waals surface area contributed by atoms with E-state index >= 15 is 0 Å². The van der Waals surface area contributed by atoms with E-state index < -0.39 is 5.91 Å². The van der Waals surface area contributed by atoms with Crippen LogP contribution in [-0.2, 0) is 17.9 Å². The minimum Gasteiger partial charge on any atom is -0.493 e. The summed E-state index contributed by atoms with van der Waals surface area (Å²) in [4.78, 5) is 30.8. The fraction of sp³-hybridized carbons (Fsp3) is 0.103. The fourth-order valence-electron chi connectivity index (χ4n) is 3.96. The summed E-state index contributed by atoms with van der Waals surface area (Å²) >= 11 is 4.92. The van der Waals surface area contributed by atoms with E-state index in [0.717, 1.165) is 16.7 Å². The maximum absolute atomic E-state index is 13.2. The molecule has 0 bridgehead atoms. The molecule has 0 aliphatic carbocycles. The number of nitrogens with zero attached hydrogens (tertiary/aromatic N) is 3. The number of aromatic nitrogens is 2. The van der Waals surface area contributed by atoms with Gasteiger partial charge in [0.25, 0.3) is 11.5 Å². The van der Waals surface area contributed by atoms with Gasteiger partial charge >= 0.3 is 0 Å². The van der Waals surface area contributed by atoms with Crippen LogP contribution in [0, 0.1) is 0 Å². The van der Waals surface area contributed by atoms with Crippen LogP contribution in [0.3, 0.4) is 0 Å². The van der Waals surface area contributed by atoms with Crippen molar-refractivity contribution in [2.24, 2.45) is 5.10 Å². The standard InChI is InChI=1S/C29H23BrN4O4S/c1-37-24-13-20(12-23(30)27(24)38-16-19-8-4-2-5-9-19)14-32-33-25(35)15-34-18-31-28-26(29(34)36)22(17-39-28)21-10-6-3-7-11-21/h2-14,17-18H,15-16H2,1H3,(H,33,35)/b32-14-. The average molecular weight is 603 g/mol. The molecule has 0 aliphatic heterocycles. The summed E-state index contributed by atoms with van der Waals surface area (Å²) in [6, 6.07) is 23.0. The molecule has 39 heavy (non-hydrogen) atoms. The summed E-state index contributed by atoms with van der Waals surface area (Å²) in [6.45, 7) is 0.167. The van der Waals surface area contributed by atoms with Crippen molar-refractivity contribution in [2.75, 3.05) is 7.11 Å². The highest BCUT2D eigenvalue weighted by Gasteiger charge is 2.15. The van der Waals surface area contributed by atoms with Gasteiger partial charge in [0.15, 0.2) is 11.5 Å². The number of ether oxygens (including phenoxy) is 2. The number of fused-ring (bicyclic) bond motifs is 1. The van der Waals surface area contributed by atoms with E-state index in [1.807, 2.05) is 72.1 Å². The van der Waals surface area contributed by atoms with Gasteiger partial charge in [0, 0.05) is 10.9 Å². The predicted molar refractivity (Wildman–Crippen MR) is 157 cm³/mol. The van der Waals surface area contributed by atoms with Crippen LogP contribution in [-0.4, -0.2) is 28.8 Å². The van der Waals surface area contributed by atoms with Crippen LogP contribution in [0.15, 0.2) is 98.9 Å². The lowest BCUT2D eigenvalue weighted by Crippen LogP contribution is -2.30. The molecule has 1 N–H and O–H groups in total. The van der Waals surface area contributed by atoms with Crippen molar-refractivity contribution in [2.45, 2.75) is 13.2 Å². The third-order valence-electron chi connectivity index (χ3n) is 5.84. The number of hydrogen-bond donors (Lipinski definition) is 1. The van der Waals surface area contributed by atoms with E-state index in [9.17, 15) is 9.59 Å². The van der Waals surface area contributed by atoms with E-state index in [-0.39, 0.29) is 12.1 Å². The zero-order chi connectivity index (χ0) is 27.2. The number of nitrogens with one attached hydrogen (secondary N) is 1. The van der Waals surface area contributed by atoms with Gasteiger partial charge < -0.3 is 9.47 Å². The van der Waals surface area contributed by atoms with Gasteiger partial charge in [-0.3, -0.25) is 14.2 Å². The van der Waals surface area contributed by atoms with Crippen molar-refractivity contribution in [3.05, 3.63) is 110 Å². The third kappa shape index (κ3) is 6.08. The molecule has 5 rings (SSSR count). The maximum Gasteiger partial charge on any atom is 0.263 e. The fourth-order valence-corrected chi connectivity index (χ4v) is 5.44. The normalized spacial score (nSPS) is 11.1. The Labute approximate surface area is 236 Å². The van der Waals surface area contributed by atoms with Crippen LogP contribution < -0.4 is 20.5 Å². The van der Waals surface area contributed by atoms with Gasteiger partial charge in [-0.15, -0.1) is 11.3 Å². The second-order valence-electron chi connectivity index (χ2n) is 8.47. The van der Waals surface area contributed by atoms with E-state index in [4.69, 9.17) is 9.47 Å². The number of benzene rings is 3. The van der Waals surface area contributed by atoms with Crippen molar-refractivity contribution in [3.8, 4) is 22.6 Å². The molecule has 3 aromatic carbocycles. The molecule has 0 saturated heterocycles. The number of hydrogen-bond acceptors (Lipinski definition) is 7. The lowest BCUT2D eigenvalue weighted by atomic mass is 10.1. The van der Waals surface area contributed by atoms with Crippen LogP contribution in [0.1, 0.15) is 11.1 Å². The van der Waals surface area contributed by atoms with Gasteiger partial charge in [0.2, 0.25) is 0 Å². The Kier molecular flexibility index (Phi) is 8.14. The minimum absolute atomic E-state index is 0.220. The molecule has 2 aromatic heterocycles. The number of thiophene rings is 1. The number of halogens is 1. The van der Waals surface area contributed by atoms with Gasteiger partial charge in [-0.05, 0) is 44.8 Å². The summed E-state index contributed by atoms with van der Waals surface area (Å²) in [5.74, 6) is 0.622. The molecule has 0 spiro atoms. The number of carbonyl (C=O) groups is 1. The molecule has 196 valence electrons. The van der Waals surface area contributed by atoms with Crippen molar-refractivity contribution >= 4 is 49.6 Å². The second kappa shape index (κ2) is 12.1. The Morgan fingerprint density at radius 3 is 2.62 bits per heavy atom. The molecule has 0 atom stereocenters. The number of hydrazone groups is 1. The maximum atomic E-state index is 13.2. The molecule has 8 nitrogen and oxygen atoms in total. The molecule has 0 unspecified atom stereocenters. The first-order chi connectivity index (χ1) is 19.0. The monoisotopic (exact) mass is 602 g/mol. The highest BCUT2D eigenvalue weighted by atomic mass is 79.9. The van der Waals surface area contributed by atoms with Crippen molar-refractivity contribution in [1.29, 1.82) is 0 Å². The van der Waals surface area contributed by atoms with E-state index in [1.165, 1.54) is 28.4 Å². The molecule has 0 radical (unpaired) electrons. The smallest absolute Gasteiger partial charge is 0.263 e. The van der Waals surface area contributed by atoms with Gasteiger partial charge in [-0.1, -0.05) is 60.7 Å². The average Bonchev–Trinajstić information content (AvgIpc) is 3.40. The van der Waals surface area contributed by atoms with Gasteiger partial charge in [0.05, 0.1) is 29.5 Å². The first-order valence-electron chi connectivity index (χ1n) is 11.9. The molecule has 5 aromatic rings. The van der Waals surface area contributed by atoms with Crippen molar-refractivity contribution in [3.63, 3.8) is 0 Å². The van der Waals surface area contributed by atoms with Gasteiger partial charge in [-0.2, -0.15) is 5.10 Å². The summed E-state index contributed by atoms with van der Waals surface area (Å²) in [5, 5.41) is 6.46. The third-order valence-corrected chi connectivity index (χ3v) is 7.32. The highest BCUT2D eigenvalue weighted by Crippen LogP contribution is 2.37. The zero-order valence-electron chi connectivity index (χ0n) is 20.8. The lowest BCUT2D eigenvalue weighted by molar-refractivity contribution is -0.121. The minimum atomic E-state index is -0.458. The van der Waals surface area contributed by atoms with E-state index in [1.54, 1.807) is 13.2 Å². The van der Waals surface area contributed by atoms with Crippen molar-refractivity contribution in [1.82, 2.24) is 15.0 Å². The Balaban J connectivity index is 1.27. The molecular formula is C29H23BrN4O4S. The Morgan fingerprint density at radius 2 is 1.87 bits per heavy atom. The molecule has 2 heterocycles. The molecule has 0 aliphatic rings. The largest absolute Gasteiger partial charge is 0.493 e. The number of carbonyl (C=O) groups excluding carboxylic acids is 1. The van der Waals surface area contributed by atoms with E-state index in [2.05, 4.69) is 31.4 Å². The first-order valence-corrected chi connectivity index (χ1v) is 13.6. The number of amides is 1. The lowest BCUT2D eigenvalue weighted by Gasteiger charge is -2.13. The second-order valence-corrected chi connectivity index (χ2v) is 10.2. The number of rotatable bonds is 9. The SMILES string of the molecule is COc1cc(/C=N\NC(=O)Cn2cnc3scc(-c4ccccc4)c3c2=O)cc(Br)c1OCc1ccccc1. The van der Waals surface area contributed by atoms with Crippen LogP contribution in [0.25, 0.3) is 21.3 Å². The zero-order valence-corrected chi connectivity index (χ0v) is 23.2. The topological polar surface area (TPSA) is 94.8 Å². The summed E-state index contributed by atoms with van der Waals surface area (Å²) in [7, 11) is 1.55. The Hall–Kier alpha value is -4.28. The van der Waals surface area contributed by atoms with E-state index in [0.29, 0.717) is 38.4 Å². The summed E-state index contributed by atoms with van der Waals surface area (Å²) in [6.07, 6.45) is 2.87. The molecular weight excluding hydrogens is 580 g/mol. The highest BCUT2D eigenvalue weighted by molar-refractivity contribution is 9.10. The molecule has 0 saturated carbocycles. The molecule has 10 heteroatoms. The summed E-state index contributed by atoms with van der Waals surface area (Å²) < 4.78 is 13.4. The van der Waals surface area contributed by atoms with Crippen LogP contribution in [0.4, 0.5) is 0 Å². The Bertz CT molecular complexity index is 1700. The van der Waals surface area contributed by atoms with Gasteiger partial charge in [-0.25, -0.2) is 10.4 Å². The predicted octanol–water partition coefficient (Wildman–Crippen LogP) is 5.63. The van der Waals surface area contributed by atoms with Crippen LogP contribution in [0.5, 0.6) is 11.5 Å². The van der Waals surface area contributed by atoms with Crippen molar-refractivity contribution < 1.29 is 14.3 Å². The van der Waals surface area contributed by atoms with Crippen LogP contribution in [0.2, 0.25) is 0 Å².